The molecule has 134 valence electrons. The predicted octanol–water partition coefficient (Wildman–Crippen LogP) is 2.19. The van der Waals surface area contributed by atoms with Crippen molar-refractivity contribution >= 4 is 15.9 Å². The van der Waals surface area contributed by atoms with E-state index in [1.807, 2.05) is 44.2 Å². The van der Waals surface area contributed by atoms with Gasteiger partial charge in [0, 0.05) is 13.1 Å². The van der Waals surface area contributed by atoms with Crippen molar-refractivity contribution in [1.29, 1.82) is 0 Å². The Kier molecular flexibility index (Phi) is 6.80. The van der Waals surface area contributed by atoms with E-state index < -0.39 is 16.1 Å². The highest BCUT2D eigenvalue weighted by molar-refractivity contribution is 7.89. The molecule has 0 spiro atoms. The van der Waals surface area contributed by atoms with Crippen LogP contribution in [-0.4, -0.2) is 44.1 Å². The van der Waals surface area contributed by atoms with Gasteiger partial charge in [-0.25, -0.2) is 13.1 Å². The maximum absolute atomic E-state index is 12.6. The van der Waals surface area contributed by atoms with E-state index in [0.29, 0.717) is 12.8 Å². The van der Waals surface area contributed by atoms with E-state index in [2.05, 4.69) is 4.72 Å². The van der Waals surface area contributed by atoms with Crippen molar-refractivity contribution in [2.24, 2.45) is 5.92 Å². The zero-order valence-electron chi connectivity index (χ0n) is 14.6. The Labute approximate surface area is 145 Å². The van der Waals surface area contributed by atoms with Crippen molar-refractivity contribution in [1.82, 2.24) is 9.62 Å². The molecule has 0 unspecified atom stereocenters. The van der Waals surface area contributed by atoms with Gasteiger partial charge >= 0.3 is 0 Å². The van der Waals surface area contributed by atoms with Gasteiger partial charge in [-0.3, -0.25) is 4.79 Å². The van der Waals surface area contributed by atoms with Crippen LogP contribution < -0.4 is 4.72 Å². The van der Waals surface area contributed by atoms with Gasteiger partial charge in [0.05, 0.1) is 5.75 Å². The Morgan fingerprint density at radius 3 is 2.38 bits per heavy atom. The Hall–Kier alpha value is -1.40. The van der Waals surface area contributed by atoms with E-state index >= 15 is 0 Å². The first-order chi connectivity index (χ1) is 11.4. The van der Waals surface area contributed by atoms with Gasteiger partial charge < -0.3 is 4.90 Å². The van der Waals surface area contributed by atoms with E-state index in [9.17, 15) is 13.2 Å². The fourth-order valence-electron chi connectivity index (χ4n) is 2.97. The Balaban J connectivity index is 1.90. The van der Waals surface area contributed by atoms with Crippen molar-refractivity contribution < 1.29 is 13.2 Å². The lowest BCUT2D eigenvalue weighted by atomic mass is 10.0. The van der Waals surface area contributed by atoms with Gasteiger partial charge in [0.2, 0.25) is 15.9 Å². The molecule has 0 radical (unpaired) electrons. The van der Waals surface area contributed by atoms with Crippen LogP contribution in [0.5, 0.6) is 0 Å². The van der Waals surface area contributed by atoms with Crippen LogP contribution >= 0.6 is 0 Å². The molecule has 2 rings (SSSR count). The maximum Gasteiger partial charge on any atom is 0.241 e. The van der Waals surface area contributed by atoms with Crippen molar-refractivity contribution in [3.8, 4) is 0 Å². The van der Waals surface area contributed by atoms with Crippen LogP contribution in [0.25, 0.3) is 0 Å². The Morgan fingerprint density at radius 1 is 1.17 bits per heavy atom. The lowest BCUT2D eigenvalue weighted by molar-refractivity contribution is -0.132. The van der Waals surface area contributed by atoms with Crippen molar-refractivity contribution in [3.63, 3.8) is 0 Å². The lowest BCUT2D eigenvalue weighted by Gasteiger charge is -2.26. The topological polar surface area (TPSA) is 66.5 Å². The predicted molar refractivity (Wildman–Crippen MR) is 96.1 cm³/mol. The summed E-state index contributed by atoms with van der Waals surface area (Å²) in [6.45, 7) is 5.23. The fraction of sp³-hybridized carbons (Fsp3) is 0.611. The van der Waals surface area contributed by atoms with E-state index in [1.54, 1.807) is 4.90 Å². The first-order valence-electron chi connectivity index (χ1n) is 8.72. The molecule has 1 N–H and O–H groups in total. The smallest absolute Gasteiger partial charge is 0.241 e. The van der Waals surface area contributed by atoms with Crippen LogP contribution in [0.2, 0.25) is 0 Å². The first-order valence-corrected chi connectivity index (χ1v) is 10.4. The molecule has 1 fully saturated rings. The van der Waals surface area contributed by atoms with Gasteiger partial charge in [-0.15, -0.1) is 0 Å². The third kappa shape index (κ3) is 5.60. The first kappa shape index (κ1) is 18.9. The number of hydrogen-bond donors (Lipinski definition) is 1. The van der Waals surface area contributed by atoms with Crippen LogP contribution in [0, 0.1) is 5.92 Å². The molecule has 6 heteroatoms. The molecule has 1 amide bonds. The molecule has 1 aliphatic rings. The number of carbonyl (C=O) groups is 1. The number of likely N-dealkylation sites (tertiary alicyclic amines) is 1. The molecule has 1 heterocycles. The average molecular weight is 353 g/mol. The molecule has 1 saturated heterocycles. The van der Waals surface area contributed by atoms with Gasteiger partial charge in [-0.05, 0) is 37.2 Å². The molecule has 1 aromatic rings. The van der Waals surface area contributed by atoms with Crippen LogP contribution in [-0.2, 0) is 21.2 Å². The molecule has 0 bridgehead atoms. The highest BCUT2D eigenvalue weighted by Crippen LogP contribution is 2.14. The summed E-state index contributed by atoms with van der Waals surface area (Å²) >= 11 is 0. The minimum absolute atomic E-state index is 0.0401. The van der Waals surface area contributed by atoms with E-state index in [-0.39, 0.29) is 17.6 Å². The number of aryl methyl sites for hydroxylation is 1. The largest absolute Gasteiger partial charge is 0.341 e. The molecule has 1 aliphatic heterocycles. The number of nitrogens with zero attached hydrogens (tertiary/aromatic N) is 1. The van der Waals surface area contributed by atoms with Crippen LogP contribution in [0.15, 0.2) is 30.3 Å². The number of rotatable bonds is 8. The Bertz CT molecular complexity index is 623. The number of amides is 1. The van der Waals surface area contributed by atoms with Gasteiger partial charge in [0.15, 0.2) is 0 Å². The molecule has 1 atom stereocenters. The molecule has 5 nitrogen and oxygen atoms in total. The summed E-state index contributed by atoms with van der Waals surface area (Å²) in [6.07, 6.45) is 3.26. The SMILES string of the molecule is CC(C)[C@H](NS(=O)(=O)CCCc1ccccc1)C(=O)N1CCCC1. The zero-order chi connectivity index (χ0) is 17.6. The maximum atomic E-state index is 12.6. The second-order valence-electron chi connectivity index (χ2n) is 6.78. The number of hydrogen-bond acceptors (Lipinski definition) is 3. The highest BCUT2D eigenvalue weighted by atomic mass is 32.2. The third-order valence-corrected chi connectivity index (χ3v) is 5.82. The number of benzene rings is 1. The molecular weight excluding hydrogens is 324 g/mol. The summed E-state index contributed by atoms with van der Waals surface area (Å²) in [6, 6.07) is 9.17. The summed E-state index contributed by atoms with van der Waals surface area (Å²) in [5.74, 6) is -0.116. The number of sulfonamides is 1. The molecule has 0 aliphatic carbocycles. The summed E-state index contributed by atoms with van der Waals surface area (Å²) < 4.78 is 27.4. The molecule has 0 saturated carbocycles. The summed E-state index contributed by atoms with van der Waals surface area (Å²) in [5.41, 5.74) is 1.13. The van der Waals surface area contributed by atoms with Crippen LogP contribution in [0.3, 0.4) is 0 Å². The normalized spacial score (nSPS) is 16.5. The third-order valence-electron chi connectivity index (χ3n) is 4.38. The second-order valence-corrected chi connectivity index (χ2v) is 8.65. The highest BCUT2D eigenvalue weighted by Gasteiger charge is 2.31. The molecule has 0 aromatic heterocycles. The van der Waals surface area contributed by atoms with E-state index in [4.69, 9.17) is 0 Å². The van der Waals surface area contributed by atoms with Crippen molar-refractivity contribution in [3.05, 3.63) is 35.9 Å². The second kappa shape index (κ2) is 8.62. The van der Waals surface area contributed by atoms with Gasteiger partial charge in [0.1, 0.15) is 6.04 Å². The van der Waals surface area contributed by atoms with Gasteiger partial charge in [-0.1, -0.05) is 44.2 Å². The van der Waals surface area contributed by atoms with Crippen molar-refractivity contribution in [2.45, 2.75) is 45.6 Å². The number of nitrogens with one attached hydrogen (secondary N) is 1. The minimum Gasteiger partial charge on any atom is -0.341 e. The quantitative estimate of drug-likeness (QED) is 0.780. The summed E-state index contributed by atoms with van der Waals surface area (Å²) in [7, 11) is -3.47. The zero-order valence-corrected chi connectivity index (χ0v) is 15.4. The average Bonchev–Trinajstić information content (AvgIpc) is 3.07. The van der Waals surface area contributed by atoms with Gasteiger partial charge in [-0.2, -0.15) is 0 Å². The fourth-order valence-corrected chi connectivity index (χ4v) is 4.37. The summed E-state index contributed by atoms with van der Waals surface area (Å²) in [5, 5.41) is 0. The molecule has 24 heavy (non-hydrogen) atoms. The minimum atomic E-state index is -3.47. The van der Waals surface area contributed by atoms with E-state index in [0.717, 1.165) is 31.5 Å². The van der Waals surface area contributed by atoms with Crippen LogP contribution in [0.1, 0.15) is 38.7 Å². The lowest BCUT2D eigenvalue weighted by Crippen LogP contribution is -2.50. The van der Waals surface area contributed by atoms with Gasteiger partial charge in [0.25, 0.3) is 0 Å². The van der Waals surface area contributed by atoms with Crippen molar-refractivity contribution in [2.75, 3.05) is 18.8 Å². The number of carbonyl (C=O) groups excluding carboxylic acids is 1. The summed E-state index contributed by atoms with van der Waals surface area (Å²) in [4.78, 5) is 14.3. The Morgan fingerprint density at radius 2 is 1.79 bits per heavy atom. The standard InChI is InChI=1S/C18H28N2O3S/c1-15(2)17(18(21)20-12-6-7-13-20)19-24(22,23)14-8-11-16-9-4-3-5-10-16/h3-5,9-10,15,17,19H,6-8,11-14H2,1-2H3/t17-/m0/s1. The molecular formula is C18H28N2O3S. The van der Waals surface area contributed by atoms with Crippen LogP contribution in [0.4, 0.5) is 0 Å². The monoisotopic (exact) mass is 352 g/mol. The molecule has 1 aromatic carbocycles. The van der Waals surface area contributed by atoms with E-state index in [1.165, 1.54) is 0 Å².